The molecule has 2 unspecified atom stereocenters. The molecule has 7 rings (SSSR count). The normalized spacial score (nSPS) is 47.8. The molecule has 302 valence electrons. The maximum absolute atomic E-state index is 14.2. The minimum Gasteiger partial charge on any atom is -0.396 e. The van der Waals surface area contributed by atoms with Gasteiger partial charge in [-0.1, -0.05) is 53.4 Å². The standard InChI is InChI=1S/C44H74N2O7/c1-6-7-8-9-16-42-19-11-30(48)24-33(42)34(49)25-32-31(42)12-18-40(4)35(13-20-44(32,40)51)43(26-28(2)15-22-52-43)38-37(53-38)41(5,50)39(3,27-47)17-10-29-14-21-46-36(45)23-29/h25,28-31,33,35-38,46-48,50-51H,6-24,26-27,45H2,1-5H3/p+1/t28-,29?,30-,31-,33-,35-,36?,37-,38+,39-,40-,41-,42+,43-,44+/m0/s1. The number of allylic oxidation sites excluding steroid dienone is 1. The molecule has 0 aromatic rings. The van der Waals surface area contributed by atoms with Crippen molar-refractivity contribution in [2.75, 3.05) is 19.8 Å². The Morgan fingerprint density at radius 2 is 1.83 bits per heavy atom. The van der Waals surface area contributed by atoms with Crippen LogP contribution in [0.3, 0.4) is 0 Å². The van der Waals surface area contributed by atoms with Crippen LogP contribution in [-0.2, 0) is 14.3 Å². The van der Waals surface area contributed by atoms with Crippen LogP contribution in [0.1, 0.15) is 150 Å². The fraction of sp³-hybridized carbons (Fsp3) is 0.932. The SMILES string of the molecule is CCCCCC[C@]12CC[C@H](O)C[C@H]1C(=O)C=C1[C@@H]2CC[C@@]2(C)[C@@H]([C@]3([C@@H]4O[C@@H]4[C@](C)(O)[C@](C)(CO)CCC4CC[NH2+]C(N)C4)C[C@@H](C)CCO3)CC[C@@]12O. The number of fused-ring (bicyclic) bond motifs is 5. The van der Waals surface area contributed by atoms with E-state index in [-0.39, 0.29) is 47.8 Å². The Balaban J connectivity index is 1.17. The fourth-order valence-electron chi connectivity index (χ4n) is 13.7. The van der Waals surface area contributed by atoms with Crippen LogP contribution in [0, 0.1) is 45.8 Å². The number of carbonyl (C=O) groups is 1. The summed E-state index contributed by atoms with van der Waals surface area (Å²) in [6.07, 6.45) is 17.0. The Morgan fingerprint density at radius 1 is 1.04 bits per heavy atom. The number of epoxide rings is 1. The summed E-state index contributed by atoms with van der Waals surface area (Å²) in [7, 11) is 0. The first kappa shape index (κ1) is 40.3. The Morgan fingerprint density at radius 3 is 2.55 bits per heavy atom. The molecule has 0 amide bonds. The lowest BCUT2D eigenvalue weighted by atomic mass is 9.44. The van der Waals surface area contributed by atoms with Gasteiger partial charge in [0.15, 0.2) is 5.78 Å². The number of quaternary nitrogens is 1. The third-order valence-electron chi connectivity index (χ3n) is 17.4. The molecule has 0 radical (unpaired) electrons. The number of carbonyl (C=O) groups excluding carboxylic acids is 1. The zero-order valence-corrected chi connectivity index (χ0v) is 33.8. The number of unbranched alkanes of at least 4 members (excludes halogenated alkanes) is 3. The maximum Gasteiger partial charge on any atom is 0.159 e. The molecule has 3 heterocycles. The molecule has 9 nitrogen and oxygen atoms in total. The van der Waals surface area contributed by atoms with Gasteiger partial charge in [0.1, 0.15) is 24.0 Å². The molecule has 0 aromatic heterocycles. The monoisotopic (exact) mass is 744 g/mol. The van der Waals surface area contributed by atoms with Crippen LogP contribution >= 0.6 is 0 Å². The van der Waals surface area contributed by atoms with Gasteiger partial charge in [0, 0.05) is 29.8 Å². The van der Waals surface area contributed by atoms with Crippen LogP contribution in [0.4, 0.5) is 0 Å². The van der Waals surface area contributed by atoms with Gasteiger partial charge in [-0.25, -0.2) is 0 Å². The zero-order valence-electron chi connectivity index (χ0n) is 33.8. The van der Waals surface area contributed by atoms with E-state index in [1.165, 1.54) is 12.8 Å². The van der Waals surface area contributed by atoms with Gasteiger partial charge in [0.25, 0.3) is 0 Å². The molecular formula is C44H75N2O7+. The Bertz CT molecular complexity index is 1370. The lowest BCUT2D eigenvalue weighted by molar-refractivity contribution is -0.699. The van der Waals surface area contributed by atoms with Crippen molar-refractivity contribution in [3.63, 3.8) is 0 Å². The predicted octanol–water partition coefficient (Wildman–Crippen LogP) is 4.91. The van der Waals surface area contributed by atoms with Crippen LogP contribution in [0.15, 0.2) is 11.6 Å². The summed E-state index contributed by atoms with van der Waals surface area (Å²) in [6, 6.07) is 0. The van der Waals surface area contributed by atoms with E-state index in [2.05, 4.69) is 26.1 Å². The molecule has 8 N–H and O–H groups in total. The minimum absolute atomic E-state index is 0.0164. The summed E-state index contributed by atoms with van der Waals surface area (Å²) in [5.74, 6) is 0.959. The molecule has 3 saturated carbocycles. The summed E-state index contributed by atoms with van der Waals surface area (Å²) < 4.78 is 13.8. The van der Waals surface area contributed by atoms with Gasteiger partial charge in [0.05, 0.1) is 30.5 Å². The summed E-state index contributed by atoms with van der Waals surface area (Å²) >= 11 is 0. The number of rotatable bonds is 13. The van der Waals surface area contributed by atoms with Gasteiger partial charge < -0.3 is 35.2 Å². The molecular weight excluding hydrogens is 668 g/mol. The summed E-state index contributed by atoms with van der Waals surface area (Å²) in [4.78, 5) is 14.2. The first-order chi connectivity index (χ1) is 25.1. The van der Waals surface area contributed by atoms with Crippen molar-refractivity contribution >= 4 is 5.78 Å². The van der Waals surface area contributed by atoms with E-state index >= 15 is 0 Å². The highest BCUT2D eigenvalue weighted by atomic mass is 16.6. The molecule has 3 saturated heterocycles. The van der Waals surface area contributed by atoms with E-state index in [1.54, 1.807) is 0 Å². The van der Waals surface area contributed by atoms with Gasteiger partial charge in [-0.2, -0.15) is 0 Å². The average molecular weight is 744 g/mol. The van der Waals surface area contributed by atoms with Crippen molar-refractivity contribution in [2.24, 2.45) is 51.6 Å². The van der Waals surface area contributed by atoms with E-state index in [0.29, 0.717) is 37.7 Å². The first-order valence-corrected chi connectivity index (χ1v) is 22.0. The second-order valence-corrected chi connectivity index (χ2v) is 20.3. The molecule has 53 heavy (non-hydrogen) atoms. The van der Waals surface area contributed by atoms with Crippen molar-refractivity contribution in [3.8, 4) is 0 Å². The van der Waals surface area contributed by atoms with Crippen LogP contribution in [0.2, 0.25) is 0 Å². The van der Waals surface area contributed by atoms with Crippen LogP contribution in [-0.4, -0.2) is 87.2 Å². The number of aliphatic hydroxyl groups excluding tert-OH is 2. The second kappa shape index (κ2) is 14.8. The average Bonchev–Trinajstić information content (AvgIpc) is 3.90. The van der Waals surface area contributed by atoms with E-state index < -0.39 is 39.8 Å². The van der Waals surface area contributed by atoms with Gasteiger partial charge in [0.2, 0.25) is 0 Å². The number of aliphatic hydroxyl groups is 4. The van der Waals surface area contributed by atoms with Crippen molar-refractivity contribution in [2.45, 2.75) is 191 Å². The van der Waals surface area contributed by atoms with Crippen molar-refractivity contribution in [1.82, 2.24) is 0 Å². The number of ketones is 1. The lowest BCUT2D eigenvalue weighted by Crippen LogP contribution is -2.94. The highest BCUT2D eigenvalue weighted by Crippen LogP contribution is 2.71. The largest absolute Gasteiger partial charge is 0.396 e. The number of ether oxygens (including phenoxy) is 2. The molecule has 0 spiro atoms. The summed E-state index contributed by atoms with van der Waals surface area (Å²) in [6.45, 7) is 12.2. The molecule has 15 atom stereocenters. The van der Waals surface area contributed by atoms with Crippen molar-refractivity contribution in [3.05, 3.63) is 11.6 Å². The van der Waals surface area contributed by atoms with E-state index in [4.69, 9.17) is 15.2 Å². The zero-order chi connectivity index (χ0) is 38.0. The van der Waals surface area contributed by atoms with E-state index in [0.717, 1.165) is 95.6 Å². The van der Waals surface area contributed by atoms with Gasteiger partial charge in [-0.15, -0.1) is 0 Å². The van der Waals surface area contributed by atoms with Crippen molar-refractivity contribution in [1.29, 1.82) is 0 Å². The Hall–Kier alpha value is -0.910. The lowest BCUT2D eigenvalue weighted by Gasteiger charge is -2.62. The molecule has 4 aliphatic carbocycles. The second-order valence-electron chi connectivity index (χ2n) is 20.3. The fourth-order valence-corrected chi connectivity index (χ4v) is 13.7. The van der Waals surface area contributed by atoms with Gasteiger partial charge in [-0.05, 0) is 131 Å². The van der Waals surface area contributed by atoms with Gasteiger partial charge in [-0.3, -0.25) is 10.5 Å². The topological polar surface area (TPSA) is 162 Å². The molecule has 0 aromatic carbocycles. The Labute approximate surface area is 319 Å². The molecule has 6 fully saturated rings. The highest BCUT2D eigenvalue weighted by Gasteiger charge is 2.75. The maximum atomic E-state index is 14.2. The molecule has 3 aliphatic heterocycles. The highest BCUT2D eigenvalue weighted by molar-refractivity contribution is 5.95. The number of piperidine rings is 1. The van der Waals surface area contributed by atoms with Crippen LogP contribution in [0.5, 0.6) is 0 Å². The van der Waals surface area contributed by atoms with Crippen molar-refractivity contribution < 1.29 is 40.0 Å². The van der Waals surface area contributed by atoms with E-state index in [9.17, 15) is 25.2 Å². The summed E-state index contributed by atoms with van der Waals surface area (Å²) in [5.41, 5.74) is 2.64. The van der Waals surface area contributed by atoms with Crippen LogP contribution in [0.25, 0.3) is 0 Å². The van der Waals surface area contributed by atoms with Gasteiger partial charge >= 0.3 is 0 Å². The minimum atomic E-state index is -1.29. The number of nitrogens with two attached hydrogens (primary N) is 2. The number of hydrogen-bond acceptors (Lipinski definition) is 8. The third kappa shape index (κ3) is 6.55. The molecule has 7 aliphatic rings. The smallest absolute Gasteiger partial charge is 0.159 e. The number of hydrogen-bond donors (Lipinski definition) is 6. The van der Waals surface area contributed by atoms with E-state index in [1.807, 2.05) is 19.9 Å². The summed E-state index contributed by atoms with van der Waals surface area (Å²) in [5, 5.41) is 49.6. The molecule has 0 bridgehead atoms. The predicted molar refractivity (Wildman–Crippen MR) is 204 cm³/mol. The quantitative estimate of drug-likeness (QED) is 0.115. The first-order valence-electron chi connectivity index (χ1n) is 22.0. The third-order valence-corrected chi connectivity index (χ3v) is 17.4. The molecule has 9 heteroatoms. The Kier molecular flexibility index (Phi) is 11.2. The van der Waals surface area contributed by atoms with Crippen LogP contribution < -0.4 is 11.1 Å².